The molecule has 19 heavy (non-hydrogen) atoms. The first-order chi connectivity index (χ1) is 9.11. The van der Waals surface area contributed by atoms with Crippen LogP contribution in [0.3, 0.4) is 0 Å². The summed E-state index contributed by atoms with van der Waals surface area (Å²) in [5.74, 6) is 0.939. The van der Waals surface area contributed by atoms with Crippen LogP contribution in [0.1, 0.15) is 10.6 Å². The van der Waals surface area contributed by atoms with Gasteiger partial charge in [-0.05, 0) is 13.0 Å². The lowest BCUT2D eigenvalue weighted by molar-refractivity contribution is 1.04. The van der Waals surface area contributed by atoms with Gasteiger partial charge in [0.25, 0.3) is 0 Å². The quantitative estimate of drug-likeness (QED) is 0.685. The molecule has 0 aliphatic rings. The third-order valence-electron chi connectivity index (χ3n) is 2.55. The summed E-state index contributed by atoms with van der Waals surface area (Å²) in [4.78, 5) is 24.2. The second kappa shape index (κ2) is 4.63. The van der Waals surface area contributed by atoms with Crippen molar-refractivity contribution in [1.29, 1.82) is 0 Å². The number of thiazole rings is 1. The summed E-state index contributed by atoms with van der Waals surface area (Å²) in [6.45, 7) is 2.52. The van der Waals surface area contributed by atoms with Crippen LogP contribution in [-0.2, 0) is 6.54 Å². The number of nitrogen functional groups attached to an aromatic ring is 1. The summed E-state index contributed by atoms with van der Waals surface area (Å²) < 4.78 is 0. The number of aromatic amines is 1. The highest BCUT2D eigenvalue weighted by molar-refractivity contribution is 7.18. The van der Waals surface area contributed by atoms with Crippen molar-refractivity contribution in [2.45, 2.75) is 13.5 Å². The summed E-state index contributed by atoms with van der Waals surface area (Å²) >= 11 is 2.72. The van der Waals surface area contributed by atoms with Crippen molar-refractivity contribution in [1.82, 2.24) is 15.0 Å². The predicted molar refractivity (Wildman–Crippen MR) is 78.8 cm³/mol. The molecule has 98 valence electrons. The normalized spacial score (nSPS) is 11.0. The number of thiophene rings is 1. The number of hydrogen-bond acceptors (Lipinski definition) is 7. The molecular weight excluding hydrogens is 282 g/mol. The Morgan fingerprint density at radius 2 is 2.32 bits per heavy atom. The maximum absolute atomic E-state index is 11.1. The monoisotopic (exact) mass is 293 g/mol. The lowest BCUT2D eigenvalue weighted by atomic mass is 10.3. The summed E-state index contributed by atoms with van der Waals surface area (Å²) in [5.41, 5.74) is 6.52. The summed E-state index contributed by atoms with van der Waals surface area (Å²) in [6, 6.07) is 2.03. The van der Waals surface area contributed by atoms with E-state index in [2.05, 4.69) is 20.3 Å². The molecule has 0 unspecified atom stereocenters. The molecule has 0 amide bonds. The number of nitrogens with one attached hydrogen (secondary N) is 2. The number of nitrogens with zero attached hydrogens (tertiary/aromatic N) is 2. The minimum Gasteiger partial charge on any atom is -0.368 e. The Balaban J connectivity index is 1.93. The Hall–Kier alpha value is -1.93. The van der Waals surface area contributed by atoms with Crippen LogP contribution in [0.5, 0.6) is 0 Å². The van der Waals surface area contributed by atoms with Gasteiger partial charge in [0.1, 0.15) is 10.6 Å². The lowest BCUT2D eigenvalue weighted by Gasteiger charge is -2.05. The maximum Gasteiger partial charge on any atom is 0.304 e. The molecule has 0 spiro atoms. The predicted octanol–water partition coefficient (Wildman–Crippen LogP) is 1.94. The first kappa shape index (κ1) is 12.1. The fourth-order valence-electron chi connectivity index (χ4n) is 1.77. The molecule has 0 saturated carbocycles. The van der Waals surface area contributed by atoms with Crippen LogP contribution in [0.25, 0.3) is 10.2 Å². The Morgan fingerprint density at radius 3 is 3.05 bits per heavy atom. The average Bonchev–Trinajstić information content (AvgIpc) is 2.91. The van der Waals surface area contributed by atoms with Gasteiger partial charge in [0.15, 0.2) is 0 Å². The zero-order valence-corrected chi connectivity index (χ0v) is 11.7. The van der Waals surface area contributed by atoms with Crippen molar-refractivity contribution in [3.05, 3.63) is 31.7 Å². The highest BCUT2D eigenvalue weighted by Gasteiger charge is 2.09. The van der Waals surface area contributed by atoms with Crippen molar-refractivity contribution >= 4 is 44.7 Å². The zero-order chi connectivity index (χ0) is 13.4. The number of aryl methyl sites for hydroxylation is 1. The largest absolute Gasteiger partial charge is 0.368 e. The number of nitrogens with two attached hydrogens (primary N) is 1. The van der Waals surface area contributed by atoms with E-state index in [9.17, 15) is 4.79 Å². The molecule has 0 aliphatic heterocycles. The fourth-order valence-corrected chi connectivity index (χ4v) is 3.24. The van der Waals surface area contributed by atoms with Gasteiger partial charge in [-0.15, -0.1) is 11.3 Å². The molecule has 4 N–H and O–H groups in total. The van der Waals surface area contributed by atoms with Gasteiger partial charge in [0.2, 0.25) is 5.95 Å². The molecule has 0 aromatic carbocycles. The molecule has 3 aromatic rings. The number of aromatic nitrogens is 3. The Labute approximate surface area is 116 Å². The molecule has 3 aromatic heterocycles. The van der Waals surface area contributed by atoms with Crippen LogP contribution in [0.2, 0.25) is 0 Å². The van der Waals surface area contributed by atoms with Gasteiger partial charge in [-0.1, -0.05) is 11.3 Å². The molecule has 0 fully saturated rings. The lowest BCUT2D eigenvalue weighted by Crippen LogP contribution is -2.06. The Kier molecular flexibility index (Phi) is 2.96. The number of hydrogen-bond donors (Lipinski definition) is 3. The fraction of sp³-hybridized carbons (Fsp3) is 0.182. The van der Waals surface area contributed by atoms with E-state index in [1.165, 1.54) is 0 Å². The van der Waals surface area contributed by atoms with E-state index in [1.54, 1.807) is 16.7 Å². The first-order valence-electron chi connectivity index (χ1n) is 5.56. The van der Waals surface area contributed by atoms with Crippen LogP contribution < -0.4 is 15.9 Å². The van der Waals surface area contributed by atoms with E-state index < -0.39 is 0 Å². The molecule has 3 heterocycles. The maximum atomic E-state index is 11.1. The van der Waals surface area contributed by atoms with Gasteiger partial charge in [-0.3, -0.25) is 4.79 Å². The molecule has 6 nitrogen and oxygen atoms in total. The van der Waals surface area contributed by atoms with Crippen LogP contribution >= 0.6 is 22.7 Å². The van der Waals surface area contributed by atoms with Crippen molar-refractivity contribution in [2.75, 3.05) is 11.1 Å². The number of fused-ring (bicyclic) bond motifs is 1. The second-order valence-corrected chi connectivity index (χ2v) is 6.11. The van der Waals surface area contributed by atoms with Gasteiger partial charge in [-0.2, -0.15) is 4.98 Å². The number of anilines is 2. The Morgan fingerprint density at radius 1 is 1.47 bits per heavy atom. The molecule has 8 heteroatoms. The minimum absolute atomic E-state index is 0.0597. The number of H-pyrrole nitrogens is 1. The average molecular weight is 293 g/mol. The van der Waals surface area contributed by atoms with Gasteiger partial charge in [0, 0.05) is 16.0 Å². The van der Waals surface area contributed by atoms with Gasteiger partial charge >= 0.3 is 4.87 Å². The van der Waals surface area contributed by atoms with Crippen LogP contribution in [0.4, 0.5) is 11.8 Å². The summed E-state index contributed by atoms with van der Waals surface area (Å²) in [5, 5.41) is 5.92. The molecular formula is C11H11N5OS2. The van der Waals surface area contributed by atoms with E-state index in [0.29, 0.717) is 12.4 Å². The van der Waals surface area contributed by atoms with E-state index in [1.807, 2.05) is 13.0 Å². The molecule has 0 radical (unpaired) electrons. The molecule has 0 saturated heterocycles. The van der Waals surface area contributed by atoms with E-state index >= 15 is 0 Å². The highest BCUT2D eigenvalue weighted by atomic mass is 32.1. The summed E-state index contributed by atoms with van der Waals surface area (Å²) in [6.07, 6.45) is 0. The van der Waals surface area contributed by atoms with Crippen LogP contribution in [-0.4, -0.2) is 15.0 Å². The highest BCUT2D eigenvalue weighted by Crippen LogP contribution is 2.29. The third-order valence-corrected chi connectivity index (χ3v) is 4.21. The van der Waals surface area contributed by atoms with Crippen LogP contribution in [0.15, 0.2) is 16.2 Å². The standard InChI is InChI=1S/C11H11N5OS2/c1-5-2-7-8(15-10(12)16-9(7)19-5)13-3-6-4-18-11(17)14-6/h2,4H,3H2,1H3,(H,14,17)(H3,12,13,15,16). The van der Waals surface area contributed by atoms with Crippen LogP contribution in [0, 0.1) is 6.92 Å². The van der Waals surface area contributed by atoms with Gasteiger partial charge in [-0.25, -0.2) is 4.98 Å². The van der Waals surface area contributed by atoms with Crippen molar-refractivity contribution in [3.63, 3.8) is 0 Å². The van der Waals surface area contributed by atoms with Crippen molar-refractivity contribution < 1.29 is 0 Å². The zero-order valence-electron chi connectivity index (χ0n) is 10.1. The first-order valence-corrected chi connectivity index (χ1v) is 7.25. The van der Waals surface area contributed by atoms with Crippen molar-refractivity contribution in [2.24, 2.45) is 0 Å². The molecule has 3 rings (SSSR count). The molecule has 0 atom stereocenters. The topological polar surface area (TPSA) is 96.7 Å². The molecule has 0 aliphatic carbocycles. The smallest absolute Gasteiger partial charge is 0.304 e. The third kappa shape index (κ3) is 2.45. The Bertz CT molecular complexity index is 788. The minimum atomic E-state index is -0.0597. The second-order valence-electron chi connectivity index (χ2n) is 4.03. The van der Waals surface area contributed by atoms with Gasteiger partial charge in [0.05, 0.1) is 11.9 Å². The number of rotatable bonds is 3. The SMILES string of the molecule is Cc1cc2c(NCc3csc(=O)[nH]3)nc(N)nc2s1. The molecule has 0 bridgehead atoms. The summed E-state index contributed by atoms with van der Waals surface area (Å²) in [7, 11) is 0. The van der Waals surface area contributed by atoms with Crippen molar-refractivity contribution in [3.8, 4) is 0 Å². The van der Waals surface area contributed by atoms with E-state index in [0.717, 1.165) is 32.1 Å². The van der Waals surface area contributed by atoms with E-state index in [4.69, 9.17) is 5.73 Å². The van der Waals surface area contributed by atoms with Gasteiger partial charge < -0.3 is 16.0 Å². The van der Waals surface area contributed by atoms with E-state index in [-0.39, 0.29) is 10.8 Å².